The lowest BCUT2D eigenvalue weighted by Crippen LogP contribution is -2.19. The van der Waals surface area contributed by atoms with E-state index in [0.29, 0.717) is 40.1 Å². The summed E-state index contributed by atoms with van der Waals surface area (Å²) < 4.78 is 28.0. The molecule has 6 aromatic carbocycles. The van der Waals surface area contributed by atoms with Gasteiger partial charge < -0.3 is 0 Å². The summed E-state index contributed by atoms with van der Waals surface area (Å²) in [6.45, 7) is 0. The minimum Gasteiger partial charge on any atom is -0.246 e. The summed E-state index contributed by atoms with van der Waals surface area (Å²) in [5, 5.41) is 0. The Labute approximate surface area is 300 Å². The lowest BCUT2D eigenvalue weighted by Gasteiger charge is -2.23. The summed E-state index contributed by atoms with van der Waals surface area (Å²) in [7, 11) is -3.82. The first-order chi connectivity index (χ1) is 25.5. The van der Waals surface area contributed by atoms with Crippen LogP contribution in [0, 0.1) is 0 Å². The summed E-state index contributed by atoms with van der Waals surface area (Å²) in [6.07, 6.45) is 0. The molecule has 0 spiro atoms. The molecule has 0 unspecified atom stereocenters. The van der Waals surface area contributed by atoms with Crippen LogP contribution in [0.25, 0.3) is 56.7 Å². The molecular weight excluding hydrogens is 667 g/mol. The van der Waals surface area contributed by atoms with E-state index in [1.165, 1.54) is 0 Å². The molecule has 9 rings (SSSR count). The van der Waals surface area contributed by atoms with Crippen molar-refractivity contribution in [1.82, 2.24) is 29.9 Å². The summed E-state index contributed by atoms with van der Waals surface area (Å²) in [6, 6.07) is 50.9. The highest BCUT2D eigenvalue weighted by Crippen LogP contribution is 2.46. The molecule has 1 aliphatic rings. The highest BCUT2D eigenvalue weighted by atomic mass is 32.2. The quantitative estimate of drug-likeness (QED) is 0.161. The van der Waals surface area contributed by atoms with Gasteiger partial charge >= 0.3 is 0 Å². The Morgan fingerprint density at radius 3 is 1.15 bits per heavy atom. The maximum Gasteiger partial charge on any atom is 0.241 e. The predicted octanol–water partition coefficient (Wildman–Crippen LogP) is 9.01. The third-order valence-electron chi connectivity index (χ3n) is 8.75. The maximum absolute atomic E-state index is 14.0. The lowest BCUT2D eigenvalue weighted by molar-refractivity contribution is 0.598. The van der Waals surface area contributed by atoms with Crippen LogP contribution in [-0.4, -0.2) is 38.3 Å². The van der Waals surface area contributed by atoms with Crippen LogP contribution in [0.1, 0.15) is 0 Å². The summed E-state index contributed by atoms with van der Waals surface area (Å²) in [4.78, 5) is 31.9. The zero-order chi connectivity index (χ0) is 35.1. The lowest BCUT2D eigenvalue weighted by atomic mass is 10.1. The Balaban J connectivity index is 1.33. The minimum atomic E-state index is -3.82. The molecule has 0 fully saturated rings. The molecule has 0 saturated carbocycles. The van der Waals surface area contributed by atoms with Crippen LogP contribution in [0.2, 0.25) is 0 Å². The van der Waals surface area contributed by atoms with Crippen molar-refractivity contribution < 1.29 is 8.42 Å². The molecule has 8 aromatic rings. The van der Waals surface area contributed by atoms with E-state index in [9.17, 15) is 8.42 Å². The van der Waals surface area contributed by atoms with Crippen molar-refractivity contribution in [3.8, 4) is 56.7 Å². The molecule has 2 aromatic heterocycles. The SMILES string of the molecule is O=S1(=O)c2ccccc2-c2ccc(N(c3nc(-c4ccccc4)nc(-c4ccccc4)n3)c3nc(-c4ccccc4)nc(-c4ccccc4)n3)cc21. The summed E-state index contributed by atoms with van der Waals surface area (Å²) in [5.41, 5.74) is 4.84. The van der Waals surface area contributed by atoms with Crippen LogP contribution >= 0.6 is 0 Å². The van der Waals surface area contributed by atoms with Crippen LogP contribution in [0.5, 0.6) is 0 Å². The Hall–Kier alpha value is -6.91. The number of nitrogens with zero attached hydrogens (tertiary/aromatic N) is 7. The average Bonchev–Trinajstić information content (AvgIpc) is 3.44. The second kappa shape index (κ2) is 12.8. The van der Waals surface area contributed by atoms with E-state index >= 15 is 0 Å². The van der Waals surface area contributed by atoms with E-state index in [2.05, 4.69) is 0 Å². The van der Waals surface area contributed by atoms with E-state index < -0.39 is 9.84 Å². The maximum atomic E-state index is 14.0. The molecular formula is C42H27N7O2S. The number of hydrogen-bond acceptors (Lipinski definition) is 9. The first-order valence-electron chi connectivity index (χ1n) is 16.6. The first kappa shape index (κ1) is 31.1. The fourth-order valence-electron chi connectivity index (χ4n) is 6.25. The highest BCUT2D eigenvalue weighted by Gasteiger charge is 2.34. The van der Waals surface area contributed by atoms with Gasteiger partial charge in [0.1, 0.15) is 0 Å². The molecule has 248 valence electrons. The Kier molecular flexibility index (Phi) is 7.63. The molecule has 0 amide bonds. The van der Waals surface area contributed by atoms with Crippen LogP contribution in [0.3, 0.4) is 0 Å². The van der Waals surface area contributed by atoms with E-state index in [0.717, 1.165) is 22.3 Å². The van der Waals surface area contributed by atoms with Crippen LogP contribution < -0.4 is 4.90 Å². The summed E-state index contributed by atoms with van der Waals surface area (Å²) in [5.74, 6) is 2.11. The van der Waals surface area contributed by atoms with E-state index in [4.69, 9.17) is 29.9 Å². The molecule has 1 aliphatic heterocycles. The number of fused-ring (bicyclic) bond motifs is 3. The molecule has 0 atom stereocenters. The van der Waals surface area contributed by atoms with Crippen molar-refractivity contribution in [2.75, 3.05) is 4.90 Å². The molecule has 9 nitrogen and oxygen atoms in total. The fraction of sp³-hybridized carbons (Fsp3) is 0. The third kappa shape index (κ3) is 5.57. The molecule has 0 aliphatic carbocycles. The van der Waals surface area contributed by atoms with Gasteiger partial charge in [-0.1, -0.05) is 146 Å². The number of aromatic nitrogens is 6. The van der Waals surface area contributed by atoms with Gasteiger partial charge in [0.15, 0.2) is 23.3 Å². The van der Waals surface area contributed by atoms with Gasteiger partial charge in [0.05, 0.1) is 15.5 Å². The Morgan fingerprint density at radius 1 is 0.365 bits per heavy atom. The van der Waals surface area contributed by atoms with Crippen molar-refractivity contribution in [1.29, 1.82) is 0 Å². The highest BCUT2D eigenvalue weighted by molar-refractivity contribution is 7.92. The van der Waals surface area contributed by atoms with Crippen molar-refractivity contribution in [3.63, 3.8) is 0 Å². The van der Waals surface area contributed by atoms with Crippen molar-refractivity contribution >= 4 is 27.4 Å². The number of hydrogen-bond donors (Lipinski definition) is 0. The molecule has 0 radical (unpaired) electrons. The predicted molar refractivity (Wildman–Crippen MR) is 201 cm³/mol. The Bertz CT molecular complexity index is 2450. The molecule has 3 heterocycles. The van der Waals surface area contributed by atoms with Gasteiger partial charge in [0.2, 0.25) is 21.7 Å². The third-order valence-corrected chi connectivity index (χ3v) is 10.6. The van der Waals surface area contributed by atoms with Crippen molar-refractivity contribution in [2.24, 2.45) is 0 Å². The van der Waals surface area contributed by atoms with Gasteiger partial charge in [-0.05, 0) is 18.2 Å². The standard InChI is InChI=1S/C42H27N7O2S/c50-52(51)35-24-14-13-23-33(35)34-26-25-32(27-36(34)52)49(41-45-37(28-15-5-1-6-16-28)43-38(46-41)29-17-7-2-8-18-29)42-47-39(30-19-9-3-10-20-30)44-40(48-42)31-21-11-4-12-22-31/h1-27H. The van der Waals surface area contributed by atoms with Gasteiger partial charge in [-0.3, -0.25) is 0 Å². The number of anilines is 3. The van der Waals surface area contributed by atoms with Crippen LogP contribution in [0.15, 0.2) is 174 Å². The smallest absolute Gasteiger partial charge is 0.241 e. The first-order valence-corrected chi connectivity index (χ1v) is 18.0. The Morgan fingerprint density at radius 2 is 0.731 bits per heavy atom. The number of sulfone groups is 1. The van der Waals surface area contributed by atoms with Crippen molar-refractivity contribution in [2.45, 2.75) is 9.79 Å². The van der Waals surface area contributed by atoms with E-state index in [-0.39, 0.29) is 21.7 Å². The monoisotopic (exact) mass is 693 g/mol. The zero-order valence-electron chi connectivity index (χ0n) is 27.4. The molecule has 0 saturated heterocycles. The average molecular weight is 694 g/mol. The number of rotatable bonds is 7. The fourth-order valence-corrected chi connectivity index (χ4v) is 7.96. The van der Waals surface area contributed by atoms with Crippen LogP contribution in [0.4, 0.5) is 17.6 Å². The molecule has 52 heavy (non-hydrogen) atoms. The van der Waals surface area contributed by atoms with Gasteiger partial charge in [-0.2, -0.15) is 19.9 Å². The van der Waals surface area contributed by atoms with Gasteiger partial charge in [-0.25, -0.2) is 23.3 Å². The van der Waals surface area contributed by atoms with Crippen molar-refractivity contribution in [3.05, 3.63) is 164 Å². The van der Waals surface area contributed by atoms with E-state index in [1.807, 2.05) is 146 Å². The minimum absolute atomic E-state index is 0.178. The largest absolute Gasteiger partial charge is 0.246 e. The van der Waals surface area contributed by atoms with E-state index in [1.54, 1.807) is 23.1 Å². The summed E-state index contributed by atoms with van der Waals surface area (Å²) >= 11 is 0. The van der Waals surface area contributed by atoms with Gasteiger partial charge in [-0.15, -0.1) is 0 Å². The number of benzene rings is 6. The normalized spacial score (nSPS) is 12.5. The molecule has 10 heteroatoms. The van der Waals surface area contributed by atoms with Crippen LogP contribution in [-0.2, 0) is 9.84 Å². The van der Waals surface area contributed by atoms with Gasteiger partial charge in [0, 0.05) is 33.4 Å². The zero-order valence-corrected chi connectivity index (χ0v) is 28.3. The molecule has 0 bridgehead atoms. The second-order valence-corrected chi connectivity index (χ2v) is 13.9. The topological polar surface area (TPSA) is 115 Å². The van der Waals surface area contributed by atoms with Gasteiger partial charge in [0.25, 0.3) is 0 Å². The second-order valence-electron chi connectivity index (χ2n) is 12.0. The molecule has 0 N–H and O–H groups in total.